The average molecular weight is 288 g/mol. The summed E-state index contributed by atoms with van der Waals surface area (Å²) in [6.45, 7) is 5.57. The first kappa shape index (κ1) is 15.2. The van der Waals surface area contributed by atoms with Crippen molar-refractivity contribution in [2.24, 2.45) is 0 Å². The highest BCUT2D eigenvalue weighted by Crippen LogP contribution is 2.28. The van der Waals surface area contributed by atoms with Crippen molar-refractivity contribution in [3.63, 3.8) is 0 Å². The molecule has 0 fully saturated rings. The number of halogens is 1. The first-order valence-corrected chi connectivity index (χ1v) is 7.04. The van der Waals surface area contributed by atoms with Crippen LogP contribution in [0.2, 0.25) is 5.02 Å². The van der Waals surface area contributed by atoms with Gasteiger partial charge in [-0.3, -0.25) is 4.79 Å². The number of anilines is 1. The molecule has 3 nitrogen and oxygen atoms in total. The van der Waals surface area contributed by atoms with E-state index in [1.807, 2.05) is 26.8 Å². The smallest absolute Gasteiger partial charge is 0.307 e. The van der Waals surface area contributed by atoms with Crippen LogP contribution in [0.1, 0.15) is 27.2 Å². The Bertz CT molecular complexity index is 429. The van der Waals surface area contributed by atoms with Crippen molar-refractivity contribution < 1.29 is 9.53 Å². The van der Waals surface area contributed by atoms with Gasteiger partial charge in [0.25, 0.3) is 0 Å². The summed E-state index contributed by atoms with van der Waals surface area (Å²) < 4.78 is 5.22. The lowest BCUT2D eigenvalue weighted by atomic mass is 10.2. The zero-order valence-electron chi connectivity index (χ0n) is 10.8. The molecule has 0 heterocycles. The lowest BCUT2D eigenvalue weighted by Gasteiger charge is -2.19. The van der Waals surface area contributed by atoms with Crippen LogP contribution >= 0.6 is 23.4 Å². The summed E-state index contributed by atoms with van der Waals surface area (Å²) in [6, 6.07) is 5.35. The number of benzene rings is 1. The second kappa shape index (κ2) is 6.34. The molecule has 1 aromatic rings. The van der Waals surface area contributed by atoms with Crippen molar-refractivity contribution in [2.75, 3.05) is 11.5 Å². The van der Waals surface area contributed by atoms with Crippen LogP contribution in [0.3, 0.4) is 0 Å². The van der Waals surface area contributed by atoms with Gasteiger partial charge in [-0.15, -0.1) is 11.8 Å². The lowest BCUT2D eigenvalue weighted by Crippen LogP contribution is -2.24. The van der Waals surface area contributed by atoms with E-state index in [-0.39, 0.29) is 5.97 Å². The molecule has 0 saturated carbocycles. The van der Waals surface area contributed by atoms with Gasteiger partial charge in [0.05, 0.1) is 6.42 Å². The zero-order chi connectivity index (χ0) is 13.8. The minimum atomic E-state index is -0.430. The van der Waals surface area contributed by atoms with E-state index in [1.54, 1.807) is 12.1 Å². The number of ether oxygens (including phenoxy) is 1. The number of esters is 1. The summed E-state index contributed by atoms with van der Waals surface area (Å²) in [5.74, 6) is 0.448. The van der Waals surface area contributed by atoms with Gasteiger partial charge in [0.1, 0.15) is 5.60 Å². The van der Waals surface area contributed by atoms with E-state index in [4.69, 9.17) is 22.1 Å². The molecular formula is C13H18ClNO2S. The number of hydrogen-bond donors (Lipinski definition) is 1. The average Bonchev–Trinajstić information content (AvgIpc) is 2.18. The highest BCUT2D eigenvalue weighted by molar-refractivity contribution is 7.99. The van der Waals surface area contributed by atoms with Crippen molar-refractivity contribution >= 4 is 35.0 Å². The normalized spacial score (nSPS) is 11.3. The van der Waals surface area contributed by atoms with Crippen molar-refractivity contribution in [1.29, 1.82) is 0 Å². The Labute approximate surface area is 117 Å². The van der Waals surface area contributed by atoms with E-state index in [0.29, 0.717) is 22.9 Å². The molecule has 0 bridgehead atoms. The fourth-order valence-corrected chi connectivity index (χ4v) is 2.35. The van der Waals surface area contributed by atoms with Crippen LogP contribution < -0.4 is 5.73 Å². The van der Waals surface area contributed by atoms with Gasteiger partial charge in [-0.25, -0.2) is 0 Å². The quantitative estimate of drug-likeness (QED) is 0.521. The summed E-state index contributed by atoms with van der Waals surface area (Å²) in [5, 5.41) is 0.615. The molecule has 100 valence electrons. The number of nitrogens with two attached hydrogens (primary N) is 1. The maximum absolute atomic E-state index is 11.5. The molecule has 0 saturated heterocycles. The lowest BCUT2D eigenvalue weighted by molar-refractivity contribution is -0.154. The van der Waals surface area contributed by atoms with E-state index in [0.717, 1.165) is 4.90 Å². The fraction of sp³-hybridized carbons (Fsp3) is 0.462. The molecule has 0 radical (unpaired) electrons. The van der Waals surface area contributed by atoms with Crippen LogP contribution in [-0.4, -0.2) is 17.3 Å². The topological polar surface area (TPSA) is 52.3 Å². The Kier molecular flexibility index (Phi) is 5.35. The molecule has 0 aromatic heterocycles. The van der Waals surface area contributed by atoms with Crippen molar-refractivity contribution in [1.82, 2.24) is 0 Å². The Morgan fingerprint density at radius 3 is 2.67 bits per heavy atom. The van der Waals surface area contributed by atoms with Crippen LogP contribution in [0.25, 0.3) is 0 Å². The molecule has 1 rings (SSSR count). The summed E-state index contributed by atoms with van der Waals surface area (Å²) >= 11 is 7.34. The third-order valence-electron chi connectivity index (χ3n) is 1.96. The summed E-state index contributed by atoms with van der Waals surface area (Å²) in [6.07, 6.45) is 0.365. The molecule has 1 aromatic carbocycles. The Hall–Kier alpha value is -0.870. The van der Waals surface area contributed by atoms with Crippen LogP contribution in [-0.2, 0) is 9.53 Å². The van der Waals surface area contributed by atoms with Gasteiger partial charge in [-0.1, -0.05) is 11.6 Å². The Balaban J connectivity index is 2.40. The van der Waals surface area contributed by atoms with Gasteiger partial charge in [-0.05, 0) is 39.0 Å². The van der Waals surface area contributed by atoms with E-state index >= 15 is 0 Å². The van der Waals surface area contributed by atoms with Crippen LogP contribution in [0.4, 0.5) is 5.69 Å². The first-order chi connectivity index (χ1) is 8.28. The zero-order valence-corrected chi connectivity index (χ0v) is 12.4. The van der Waals surface area contributed by atoms with Crippen LogP contribution in [0, 0.1) is 0 Å². The van der Waals surface area contributed by atoms with Gasteiger partial charge < -0.3 is 10.5 Å². The molecule has 0 unspecified atom stereocenters. The van der Waals surface area contributed by atoms with Gasteiger partial charge >= 0.3 is 5.97 Å². The van der Waals surface area contributed by atoms with Gasteiger partial charge in [0, 0.05) is 21.4 Å². The van der Waals surface area contributed by atoms with E-state index in [9.17, 15) is 4.79 Å². The predicted octanol–water partition coefficient (Wildman–Crippen LogP) is 3.75. The third-order valence-corrected chi connectivity index (χ3v) is 3.28. The molecule has 0 amide bonds. The maximum Gasteiger partial charge on any atom is 0.307 e. The largest absolute Gasteiger partial charge is 0.460 e. The van der Waals surface area contributed by atoms with E-state index in [2.05, 4.69) is 0 Å². The molecule has 5 heteroatoms. The fourth-order valence-electron chi connectivity index (χ4n) is 1.29. The van der Waals surface area contributed by atoms with Crippen molar-refractivity contribution in [2.45, 2.75) is 37.7 Å². The summed E-state index contributed by atoms with van der Waals surface area (Å²) in [4.78, 5) is 12.4. The number of carbonyl (C=O) groups excluding carboxylic acids is 1. The molecule has 18 heavy (non-hydrogen) atoms. The number of hydrogen-bond acceptors (Lipinski definition) is 4. The number of thioether (sulfide) groups is 1. The second-order valence-corrected chi connectivity index (χ2v) is 6.44. The van der Waals surface area contributed by atoms with Crippen LogP contribution in [0.5, 0.6) is 0 Å². The predicted molar refractivity (Wildman–Crippen MR) is 77.1 cm³/mol. The van der Waals surface area contributed by atoms with Crippen LogP contribution in [0.15, 0.2) is 23.1 Å². The minimum Gasteiger partial charge on any atom is -0.460 e. The summed E-state index contributed by atoms with van der Waals surface area (Å²) in [5.41, 5.74) is 6.02. The molecule has 0 aliphatic rings. The van der Waals surface area contributed by atoms with Gasteiger partial charge in [0.2, 0.25) is 0 Å². The standard InChI is InChI=1S/C13H18ClNO2S/c1-13(2,3)17-12(16)6-7-18-11-5-4-9(14)8-10(11)15/h4-5,8H,6-7,15H2,1-3H3. The number of carbonyl (C=O) groups is 1. The summed E-state index contributed by atoms with van der Waals surface area (Å²) in [7, 11) is 0. The molecular weight excluding hydrogens is 270 g/mol. The monoisotopic (exact) mass is 287 g/mol. The van der Waals surface area contributed by atoms with Gasteiger partial charge in [-0.2, -0.15) is 0 Å². The third kappa shape index (κ3) is 5.65. The molecule has 0 atom stereocenters. The second-order valence-electron chi connectivity index (χ2n) is 4.87. The molecule has 0 spiro atoms. The van der Waals surface area contributed by atoms with Crippen molar-refractivity contribution in [3.05, 3.63) is 23.2 Å². The highest BCUT2D eigenvalue weighted by Gasteiger charge is 2.15. The first-order valence-electron chi connectivity index (χ1n) is 5.67. The van der Waals surface area contributed by atoms with Gasteiger partial charge in [0.15, 0.2) is 0 Å². The Morgan fingerprint density at radius 1 is 1.44 bits per heavy atom. The highest BCUT2D eigenvalue weighted by atomic mass is 35.5. The van der Waals surface area contributed by atoms with Crippen molar-refractivity contribution in [3.8, 4) is 0 Å². The molecule has 2 N–H and O–H groups in total. The SMILES string of the molecule is CC(C)(C)OC(=O)CCSc1ccc(Cl)cc1N. The number of nitrogen functional groups attached to an aromatic ring is 1. The Morgan fingerprint density at radius 2 is 2.11 bits per heavy atom. The number of rotatable bonds is 4. The van der Waals surface area contributed by atoms with E-state index in [1.165, 1.54) is 11.8 Å². The minimum absolute atomic E-state index is 0.192. The maximum atomic E-state index is 11.5. The molecule has 0 aliphatic carbocycles. The van der Waals surface area contributed by atoms with E-state index < -0.39 is 5.60 Å². The molecule has 0 aliphatic heterocycles.